The fourth-order valence-electron chi connectivity index (χ4n) is 1.08. The molecule has 0 spiro atoms. The minimum atomic E-state index is -3.04. The van der Waals surface area contributed by atoms with Crippen LogP contribution in [0.3, 0.4) is 0 Å². The lowest BCUT2D eigenvalue weighted by Gasteiger charge is -2.13. The van der Waals surface area contributed by atoms with E-state index in [1.807, 2.05) is 0 Å². The molecule has 0 saturated heterocycles. The Morgan fingerprint density at radius 1 is 1.60 bits per heavy atom. The van der Waals surface area contributed by atoms with Gasteiger partial charge in [-0.3, -0.25) is 0 Å². The molecule has 0 aliphatic heterocycles. The van der Waals surface area contributed by atoms with Crippen LogP contribution in [-0.2, 0) is 0 Å². The number of rotatable bonds is 0. The predicted molar refractivity (Wildman–Crippen MR) is 29.3 cm³/mol. The summed E-state index contributed by atoms with van der Waals surface area (Å²) in [6.45, 7) is 0. The van der Waals surface area contributed by atoms with E-state index in [4.69, 9.17) is 10.4 Å². The highest BCUT2D eigenvalue weighted by Crippen LogP contribution is 2.38. The van der Waals surface area contributed by atoms with Gasteiger partial charge in [-0.15, -0.1) is 0 Å². The van der Waals surface area contributed by atoms with Crippen LogP contribution in [0.2, 0.25) is 0 Å². The molecule has 56 valence electrons. The molecule has 1 N–H and O–H groups in total. The largest absolute Gasteiger partial charge is 0.385 e. The highest BCUT2D eigenvalue weighted by atomic mass is 19.3. The Hall–Kier alpha value is -0.690. The number of nitriles is 1. The van der Waals surface area contributed by atoms with E-state index in [2.05, 4.69) is 0 Å². The first-order valence-corrected chi connectivity index (χ1v) is 3.03. The second-order valence-corrected chi connectivity index (χ2v) is 2.48. The van der Waals surface area contributed by atoms with Gasteiger partial charge in [0.05, 0.1) is 12.0 Å². The first-order chi connectivity index (χ1) is 4.58. The number of nitrogens with zero attached hydrogens (tertiary/aromatic N) is 1. The second-order valence-electron chi connectivity index (χ2n) is 2.48. The SMILES string of the molecule is N#C[C@@H]1CCC(F)(F)[C@H]1O. The van der Waals surface area contributed by atoms with Crippen LogP contribution in [0.1, 0.15) is 12.8 Å². The van der Waals surface area contributed by atoms with E-state index in [1.165, 1.54) is 0 Å². The highest BCUT2D eigenvalue weighted by Gasteiger charge is 2.49. The lowest BCUT2D eigenvalue weighted by molar-refractivity contribution is -0.0925. The van der Waals surface area contributed by atoms with Crippen LogP contribution in [0.4, 0.5) is 8.78 Å². The lowest BCUT2D eigenvalue weighted by atomic mass is 10.1. The molecule has 0 radical (unpaired) electrons. The molecule has 2 nitrogen and oxygen atoms in total. The van der Waals surface area contributed by atoms with Gasteiger partial charge in [0.15, 0.2) is 0 Å². The van der Waals surface area contributed by atoms with Crippen molar-refractivity contribution in [1.82, 2.24) is 0 Å². The molecule has 0 heterocycles. The van der Waals surface area contributed by atoms with Crippen molar-refractivity contribution in [3.63, 3.8) is 0 Å². The van der Waals surface area contributed by atoms with Gasteiger partial charge in [-0.25, -0.2) is 8.78 Å². The third-order valence-electron chi connectivity index (χ3n) is 1.77. The van der Waals surface area contributed by atoms with Crippen LogP contribution in [0, 0.1) is 17.2 Å². The molecule has 4 heteroatoms. The summed E-state index contributed by atoms with van der Waals surface area (Å²) < 4.78 is 24.7. The molecule has 1 saturated carbocycles. The minimum absolute atomic E-state index is 0.102. The van der Waals surface area contributed by atoms with E-state index in [9.17, 15) is 8.78 Å². The van der Waals surface area contributed by atoms with Gasteiger partial charge in [-0.1, -0.05) is 0 Å². The quantitative estimate of drug-likeness (QED) is 0.553. The smallest absolute Gasteiger partial charge is 0.274 e. The van der Waals surface area contributed by atoms with Crippen molar-refractivity contribution in [2.75, 3.05) is 0 Å². The third kappa shape index (κ3) is 0.971. The van der Waals surface area contributed by atoms with Crippen LogP contribution in [0.5, 0.6) is 0 Å². The van der Waals surface area contributed by atoms with Gasteiger partial charge in [-0.2, -0.15) is 5.26 Å². The second kappa shape index (κ2) is 2.17. The molecule has 1 aliphatic rings. The summed E-state index contributed by atoms with van der Waals surface area (Å²) in [5.74, 6) is -3.92. The molecule has 1 aliphatic carbocycles. The standard InChI is InChI=1S/C6H7F2NO/c7-6(8)2-1-4(3-9)5(6)10/h4-5,10H,1-2H2/t4-,5-/m0/s1. The lowest BCUT2D eigenvalue weighted by Crippen LogP contribution is -2.30. The van der Waals surface area contributed by atoms with E-state index < -0.39 is 17.9 Å². The first-order valence-electron chi connectivity index (χ1n) is 3.03. The minimum Gasteiger partial charge on any atom is -0.385 e. The van der Waals surface area contributed by atoms with E-state index in [1.54, 1.807) is 6.07 Å². The van der Waals surface area contributed by atoms with Crippen molar-refractivity contribution in [3.8, 4) is 6.07 Å². The summed E-state index contributed by atoms with van der Waals surface area (Å²) in [6, 6.07) is 1.64. The highest BCUT2D eigenvalue weighted by molar-refractivity contribution is 5.00. The number of hydrogen-bond donors (Lipinski definition) is 1. The van der Waals surface area contributed by atoms with Crippen molar-refractivity contribution in [1.29, 1.82) is 5.26 Å². The van der Waals surface area contributed by atoms with E-state index >= 15 is 0 Å². The molecule has 0 aromatic heterocycles. The van der Waals surface area contributed by atoms with Gasteiger partial charge >= 0.3 is 0 Å². The molecule has 0 aromatic rings. The molecule has 2 atom stereocenters. The van der Waals surface area contributed by atoms with Crippen molar-refractivity contribution >= 4 is 0 Å². The molecule has 1 fully saturated rings. The van der Waals surface area contributed by atoms with Crippen molar-refractivity contribution in [2.45, 2.75) is 24.9 Å². The summed E-state index contributed by atoms with van der Waals surface area (Å²) in [4.78, 5) is 0. The van der Waals surface area contributed by atoms with Gasteiger partial charge in [0.25, 0.3) is 5.92 Å². The fraction of sp³-hybridized carbons (Fsp3) is 0.833. The number of hydrogen-bond acceptors (Lipinski definition) is 2. The first kappa shape index (κ1) is 7.42. The average Bonchev–Trinajstić information content (AvgIpc) is 2.10. The Kier molecular flexibility index (Phi) is 1.61. The average molecular weight is 147 g/mol. The van der Waals surface area contributed by atoms with E-state index in [0.717, 1.165) is 0 Å². The van der Waals surface area contributed by atoms with Gasteiger partial charge in [0.1, 0.15) is 6.10 Å². The van der Waals surface area contributed by atoms with Crippen molar-refractivity contribution < 1.29 is 13.9 Å². The normalized spacial score (nSPS) is 37.4. The third-order valence-corrected chi connectivity index (χ3v) is 1.77. The van der Waals surface area contributed by atoms with E-state index in [0.29, 0.717) is 0 Å². The summed E-state index contributed by atoms with van der Waals surface area (Å²) in [7, 11) is 0. The molecule has 0 amide bonds. The molecule has 10 heavy (non-hydrogen) atoms. The number of halogens is 2. The number of aliphatic hydroxyl groups excluding tert-OH is 1. The number of alkyl halides is 2. The van der Waals surface area contributed by atoms with Gasteiger partial charge in [0.2, 0.25) is 0 Å². The van der Waals surface area contributed by atoms with Crippen LogP contribution in [0.25, 0.3) is 0 Å². The topological polar surface area (TPSA) is 44.0 Å². The Morgan fingerprint density at radius 2 is 2.20 bits per heavy atom. The Labute approximate surface area is 57.1 Å². The fourth-order valence-corrected chi connectivity index (χ4v) is 1.08. The monoisotopic (exact) mass is 147 g/mol. The van der Waals surface area contributed by atoms with Crippen LogP contribution >= 0.6 is 0 Å². The Bertz CT molecular complexity index is 175. The zero-order valence-corrected chi connectivity index (χ0v) is 5.22. The number of aliphatic hydroxyl groups is 1. The van der Waals surface area contributed by atoms with Gasteiger partial charge in [-0.05, 0) is 6.42 Å². The zero-order valence-electron chi connectivity index (χ0n) is 5.22. The molecule has 0 bridgehead atoms. The van der Waals surface area contributed by atoms with E-state index in [-0.39, 0.29) is 12.8 Å². The molecular weight excluding hydrogens is 140 g/mol. The van der Waals surface area contributed by atoms with Crippen LogP contribution < -0.4 is 0 Å². The summed E-state index contributed by atoms with van der Waals surface area (Å²) in [5, 5.41) is 17.0. The summed E-state index contributed by atoms with van der Waals surface area (Å²) in [5.41, 5.74) is 0. The van der Waals surface area contributed by atoms with Crippen LogP contribution in [0.15, 0.2) is 0 Å². The molecule has 0 aromatic carbocycles. The maximum absolute atomic E-state index is 12.4. The molecular formula is C6H7F2NO. The summed E-state index contributed by atoms with van der Waals surface area (Å²) >= 11 is 0. The molecule has 0 unspecified atom stereocenters. The van der Waals surface area contributed by atoms with Crippen molar-refractivity contribution in [2.24, 2.45) is 5.92 Å². The Balaban J connectivity index is 2.69. The molecule has 1 rings (SSSR count). The van der Waals surface area contributed by atoms with Gasteiger partial charge < -0.3 is 5.11 Å². The van der Waals surface area contributed by atoms with Gasteiger partial charge in [0, 0.05) is 6.42 Å². The maximum Gasteiger partial charge on any atom is 0.274 e. The Morgan fingerprint density at radius 3 is 2.40 bits per heavy atom. The predicted octanol–water partition coefficient (Wildman–Crippen LogP) is 0.916. The maximum atomic E-state index is 12.4. The van der Waals surface area contributed by atoms with Crippen molar-refractivity contribution in [3.05, 3.63) is 0 Å². The van der Waals surface area contributed by atoms with Crippen LogP contribution in [-0.4, -0.2) is 17.1 Å². The summed E-state index contributed by atoms with van der Waals surface area (Å²) in [6.07, 6.45) is -2.02. The zero-order chi connectivity index (χ0) is 7.78.